The van der Waals surface area contributed by atoms with Crippen LogP contribution in [0.3, 0.4) is 0 Å². The standard InChI is InChI=1S/C13H20N2O3S/c1-8(2)6-4-5-7-14-13-15-10(12(17)18)11(19-13)9(3)16/h8H,4-7H2,1-3H3,(H,14,15)(H,17,18). The Hall–Kier alpha value is -1.43. The number of ketones is 1. The fourth-order valence-corrected chi connectivity index (χ4v) is 2.53. The zero-order chi connectivity index (χ0) is 14.4. The number of aromatic nitrogens is 1. The lowest BCUT2D eigenvalue weighted by Crippen LogP contribution is -2.05. The van der Waals surface area contributed by atoms with Crippen LogP contribution in [0.1, 0.15) is 60.2 Å². The van der Waals surface area contributed by atoms with Gasteiger partial charge in [0.2, 0.25) is 0 Å². The van der Waals surface area contributed by atoms with Crippen LogP contribution in [0.15, 0.2) is 0 Å². The summed E-state index contributed by atoms with van der Waals surface area (Å²) in [6.45, 7) is 6.47. The number of nitrogens with one attached hydrogen (secondary N) is 1. The first-order valence-corrected chi connectivity index (χ1v) is 7.22. The number of nitrogens with zero attached hydrogens (tertiary/aromatic N) is 1. The van der Waals surface area contributed by atoms with Gasteiger partial charge in [-0.2, -0.15) is 0 Å². The van der Waals surface area contributed by atoms with Crippen molar-refractivity contribution in [1.29, 1.82) is 0 Å². The van der Waals surface area contributed by atoms with Gasteiger partial charge in [-0.25, -0.2) is 9.78 Å². The van der Waals surface area contributed by atoms with E-state index in [1.165, 1.54) is 13.3 Å². The lowest BCUT2D eigenvalue weighted by molar-refractivity contribution is 0.0687. The quantitative estimate of drug-likeness (QED) is 0.565. The molecule has 1 heterocycles. The minimum Gasteiger partial charge on any atom is -0.476 e. The Bertz CT molecular complexity index is 423. The molecule has 0 fully saturated rings. The van der Waals surface area contributed by atoms with Crippen LogP contribution in [0.5, 0.6) is 0 Å². The summed E-state index contributed by atoms with van der Waals surface area (Å²) in [5, 5.41) is 12.6. The lowest BCUT2D eigenvalue weighted by atomic mass is 10.1. The average Bonchev–Trinajstić information content (AvgIpc) is 2.72. The van der Waals surface area contributed by atoms with Gasteiger partial charge >= 0.3 is 5.97 Å². The van der Waals surface area contributed by atoms with Crippen molar-refractivity contribution in [3.8, 4) is 0 Å². The van der Waals surface area contributed by atoms with Gasteiger partial charge in [-0.1, -0.05) is 38.0 Å². The molecule has 106 valence electrons. The van der Waals surface area contributed by atoms with Crippen LogP contribution in [-0.4, -0.2) is 28.4 Å². The molecule has 0 aliphatic heterocycles. The topological polar surface area (TPSA) is 79.3 Å². The van der Waals surface area contributed by atoms with Crippen LogP contribution in [0, 0.1) is 5.92 Å². The van der Waals surface area contributed by atoms with Crippen molar-refractivity contribution < 1.29 is 14.7 Å². The molecule has 6 heteroatoms. The van der Waals surface area contributed by atoms with Crippen molar-refractivity contribution in [1.82, 2.24) is 4.98 Å². The molecule has 5 nitrogen and oxygen atoms in total. The van der Waals surface area contributed by atoms with E-state index in [-0.39, 0.29) is 16.4 Å². The van der Waals surface area contributed by atoms with Crippen molar-refractivity contribution in [3.63, 3.8) is 0 Å². The van der Waals surface area contributed by atoms with Crippen LogP contribution in [-0.2, 0) is 0 Å². The van der Waals surface area contributed by atoms with E-state index in [1.54, 1.807) is 0 Å². The molecule has 0 bridgehead atoms. The highest BCUT2D eigenvalue weighted by molar-refractivity contribution is 7.17. The molecule has 0 saturated carbocycles. The molecule has 0 unspecified atom stereocenters. The van der Waals surface area contributed by atoms with Gasteiger partial charge in [0.05, 0.1) is 0 Å². The summed E-state index contributed by atoms with van der Waals surface area (Å²) in [6, 6.07) is 0. The summed E-state index contributed by atoms with van der Waals surface area (Å²) in [5.74, 6) is -0.722. The predicted octanol–water partition coefficient (Wildman–Crippen LogP) is 3.28. The third kappa shape index (κ3) is 4.98. The molecule has 0 aliphatic carbocycles. The first-order chi connectivity index (χ1) is 8.91. The summed E-state index contributed by atoms with van der Waals surface area (Å²) < 4.78 is 0. The first-order valence-electron chi connectivity index (χ1n) is 6.40. The molecule has 0 spiro atoms. The van der Waals surface area contributed by atoms with E-state index in [0.717, 1.165) is 30.7 Å². The van der Waals surface area contributed by atoms with E-state index in [1.807, 2.05) is 0 Å². The fraction of sp³-hybridized carbons (Fsp3) is 0.615. The first kappa shape index (κ1) is 15.6. The van der Waals surface area contributed by atoms with Gasteiger partial charge in [0.25, 0.3) is 0 Å². The highest BCUT2D eigenvalue weighted by Gasteiger charge is 2.20. The van der Waals surface area contributed by atoms with Gasteiger partial charge in [0, 0.05) is 13.5 Å². The van der Waals surface area contributed by atoms with Crippen molar-refractivity contribution in [2.24, 2.45) is 5.92 Å². The molecule has 0 aliphatic rings. The second-order valence-electron chi connectivity index (χ2n) is 4.87. The fourth-order valence-electron chi connectivity index (χ4n) is 1.65. The van der Waals surface area contributed by atoms with Crippen molar-refractivity contribution in [2.75, 3.05) is 11.9 Å². The van der Waals surface area contributed by atoms with Crippen LogP contribution in [0.4, 0.5) is 5.13 Å². The number of rotatable bonds is 8. The normalized spacial score (nSPS) is 10.7. The van der Waals surface area contributed by atoms with Gasteiger partial charge in [-0.05, 0) is 12.3 Å². The van der Waals surface area contributed by atoms with Crippen LogP contribution < -0.4 is 5.32 Å². The number of anilines is 1. The Labute approximate surface area is 117 Å². The maximum Gasteiger partial charge on any atom is 0.356 e. The summed E-state index contributed by atoms with van der Waals surface area (Å²) >= 11 is 1.11. The second kappa shape index (κ2) is 7.23. The van der Waals surface area contributed by atoms with E-state index >= 15 is 0 Å². The Balaban J connectivity index is 2.53. The highest BCUT2D eigenvalue weighted by Crippen LogP contribution is 2.23. The van der Waals surface area contributed by atoms with Crippen molar-refractivity contribution in [2.45, 2.75) is 40.0 Å². The number of hydrogen-bond acceptors (Lipinski definition) is 5. The molecule has 2 N–H and O–H groups in total. The highest BCUT2D eigenvalue weighted by atomic mass is 32.1. The molecule has 0 atom stereocenters. The predicted molar refractivity (Wildman–Crippen MR) is 76.3 cm³/mol. The minimum atomic E-state index is -1.16. The van der Waals surface area contributed by atoms with E-state index in [0.29, 0.717) is 11.0 Å². The molecule has 1 rings (SSSR count). The van der Waals surface area contributed by atoms with Gasteiger partial charge in [-0.15, -0.1) is 0 Å². The van der Waals surface area contributed by atoms with E-state index in [2.05, 4.69) is 24.1 Å². The number of unbranched alkanes of at least 4 members (excludes halogenated alkanes) is 1. The number of carboxylic acids is 1. The van der Waals surface area contributed by atoms with E-state index < -0.39 is 5.97 Å². The summed E-state index contributed by atoms with van der Waals surface area (Å²) in [5.41, 5.74) is -0.151. The number of carbonyl (C=O) groups excluding carboxylic acids is 1. The van der Waals surface area contributed by atoms with Crippen molar-refractivity contribution in [3.05, 3.63) is 10.6 Å². The molecule has 0 radical (unpaired) electrons. The Morgan fingerprint density at radius 1 is 1.37 bits per heavy atom. The molecule has 0 aromatic carbocycles. The maximum absolute atomic E-state index is 11.3. The summed E-state index contributed by atoms with van der Waals surface area (Å²) in [4.78, 5) is 26.4. The number of aromatic carboxylic acids is 1. The molecular weight excluding hydrogens is 264 g/mol. The third-order valence-corrected chi connectivity index (χ3v) is 3.75. The number of carbonyl (C=O) groups is 2. The SMILES string of the molecule is CC(=O)c1sc(NCCCCC(C)C)nc1C(=O)O. The molecule has 19 heavy (non-hydrogen) atoms. The second-order valence-corrected chi connectivity index (χ2v) is 5.87. The summed E-state index contributed by atoms with van der Waals surface area (Å²) in [6.07, 6.45) is 3.32. The number of thiazole rings is 1. The van der Waals surface area contributed by atoms with Crippen LogP contribution in [0.2, 0.25) is 0 Å². The smallest absolute Gasteiger partial charge is 0.356 e. The maximum atomic E-state index is 11.3. The molecule has 0 amide bonds. The summed E-state index contributed by atoms with van der Waals surface area (Å²) in [7, 11) is 0. The van der Waals surface area contributed by atoms with E-state index in [4.69, 9.17) is 5.11 Å². The van der Waals surface area contributed by atoms with Crippen LogP contribution in [0.25, 0.3) is 0 Å². The molecule has 0 saturated heterocycles. The zero-order valence-corrected chi connectivity index (χ0v) is 12.3. The van der Waals surface area contributed by atoms with Gasteiger partial charge in [0.15, 0.2) is 16.6 Å². The number of carboxylic acid groups (broad SMARTS) is 1. The number of Topliss-reactive ketones (excluding diaryl/α,β-unsaturated/α-hetero) is 1. The molecule has 1 aromatic rings. The Morgan fingerprint density at radius 2 is 2.05 bits per heavy atom. The minimum absolute atomic E-state index is 0.151. The largest absolute Gasteiger partial charge is 0.476 e. The average molecular weight is 284 g/mol. The molecular formula is C13H20N2O3S. The lowest BCUT2D eigenvalue weighted by Gasteiger charge is -2.04. The Morgan fingerprint density at radius 3 is 2.53 bits per heavy atom. The zero-order valence-electron chi connectivity index (χ0n) is 11.5. The third-order valence-electron chi connectivity index (χ3n) is 2.63. The van der Waals surface area contributed by atoms with Crippen LogP contribution >= 0.6 is 11.3 Å². The van der Waals surface area contributed by atoms with Gasteiger partial charge < -0.3 is 10.4 Å². The Kier molecular flexibility index (Phi) is 5.95. The van der Waals surface area contributed by atoms with Crippen molar-refractivity contribution >= 4 is 28.2 Å². The van der Waals surface area contributed by atoms with E-state index in [9.17, 15) is 9.59 Å². The number of hydrogen-bond donors (Lipinski definition) is 2. The van der Waals surface area contributed by atoms with Gasteiger partial charge in [0.1, 0.15) is 4.88 Å². The molecule has 1 aromatic heterocycles. The van der Waals surface area contributed by atoms with Gasteiger partial charge in [-0.3, -0.25) is 4.79 Å². The monoisotopic (exact) mass is 284 g/mol.